The Balaban J connectivity index is 1.14. The second-order valence-electron chi connectivity index (χ2n) is 13.6. The summed E-state index contributed by atoms with van der Waals surface area (Å²) < 4.78 is 51.4. The number of benzene rings is 1. The van der Waals surface area contributed by atoms with Gasteiger partial charge in [0.2, 0.25) is 0 Å². The molecular weight excluding hydrogens is 552 g/mol. The molecule has 0 amide bonds. The molecule has 6 saturated carbocycles. The molecule has 8 rings (SSSR count). The molecule has 0 radical (unpaired) electrons. The van der Waals surface area contributed by atoms with E-state index in [4.69, 9.17) is 14.2 Å². The highest BCUT2D eigenvalue weighted by Crippen LogP contribution is 2.62. The Kier molecular flexibility index (Phi) is 5.85. The molecule has 11 heteroatoms. The normalized spacial score (nSPS) is 39.9. The molecule has 1 aromatic carbocycles. The van der Waals surface area contributed by atoms with Gasteiger partial charge in [-0.2, -0.15) is 8.42 Å². The second kappa shape index (κ2) is 8.86. The van der Waals surface area contributed by atoms with Gasteiger partial charge in [0.25, 0.3) is 10.1 Å². The maximum absolute atomic E-state index is 13.8. The van der Waals surface area contributed by atoms with Gasteiger partial charge in [-0.3, -0.25) is 23.7 Å². The predicted octanol–water partition coefficient (Wildman–Crippen LogP) is 3.39. The summed E-state index contributed by atoms with van der Waals surface area (Å²) in [5.41, 5.74) is -0.149. The third-order valence-electron chi connectivity index (χ3n) is 10.9. The van der Waals surface area contributed by atoms with Crippen LogP contribution in [0.5, 0.6) is 5.75 Å². The molecule has 1 heterocycles. The van der Waals surface area contributed by atoms with E-state index >= 15 is 0 Å². The summed E-state index contributed by atoms with van der Waals surface area (Å²) in [6.07, 6.45) is 2.56. The lowest BCUT2D eigenvalue weighted by atomic mass is 9.49. The van der Waals surface area contributed by atoms with Crippen LogP contribution in [0.15, 0.2) is 17.0 Å². The molecule has 8 unspecified atom stereocenters. The van der Waals surface area contributed by atoms with Gasteiger partial charge in [-0.05, 0) is 80.5 Å². The molecule has 1 aromatic rings. The standard InChI is InChI=1S/C30H34O10S/c1-12(2)18-7-17(4-13(3)26(18)41(35,36)37)38-27(32)21-20-8-19-22(21)28(33)39-24(19)25(20)40-29(34)30-9-14-5-15(10-30)23(31)16(6-14)11-30/h4,7,12,14-16,19-22,24-25H,5-6,8-11H2,1-3H3,(H,35,36,37). The van der Waals surface area contributed by atoms with Crippen molar-refractivity contribution in [3.63, 3.8) is 0 Å². The molecule has 1 N–H and O–H groups in total. The zero-order valence-corrected chi connectivity index (χ0v) is 24.0. The minimum atomic E-state index is -4.50. The fourth-order valence-corrected chi connectivity index (χ4v) is 10.6. The molecule has 7 aliphatic rings. The quantitative estimate of drug-likeness (QED) is 0.298. The van der Waals surface area contributed by atoms with Gasteiger partial charge in [0.1, 0.15) is 28.6 Å². The lowest BCUT2D eigenvalue weighted by molar-refractivity contribution is -0.188. The summed E-state index contributed by atoms with van der Waals surface area (Å²) in [6, 6.07) is 2.80. The third kappa shape index (κ3) is 3.94. The highest BCUT2D eigenvalue weighted by molar-refractivity contribution is 7.86. The van der Waals surface area contributed by atoms with Gasteiger partial charge >= 0.3 is 17.9 Å². The Morgan fingerprint density at radius 2 is 1.73 bits per heavy atom. The van der Waals surface area contributed by atoms with E-state index in [1.165, 1.54) is 19.1 Å². The molecule has 6 bridgehead atoms. The molecule has 41 heavy (non-hydrogen) atoms. The van der Waals surface area contributed by atoms with Crippen LogP contribution in [0.3, 0.4) is 0 Å². The zero-order chi connectivity index (χ0) is 29.2. The number of esters is 3. The summed E-state index contributed by atoms with van der Waals surface area (Å²) in [5.74, 6) is -3.48. The maximum Gasteiger partial charge on any atom is 0.315 e. The number of Topliss-reactive ketones (excluding diaryl/α,β-unsaturated/α-hetero) is 1. The first-order valence-electron chi connectivity index (χ1n) is 14.6. The van der Waals surface area contributed by atoms with E-state index in [1.807, 2.05) is 0 Å². The molecule has 7 fully saturated rings. The molecule has 1 aliphatic heterocycles. The van der Waals surface area contributed by atoms with Crippen molar-refractivity contribution in [1.29, 1.82) is 0 Å². The SMILES string of the molecule is Cc1cc(OC(=O)C2C3CC4C(OC(=O)C42)C3OC(=O)C23CC4CC(C2)C(=O)C(C4)C3)cc(C(C)C)c1S(=O)(=O)O. The fourth-order valence-electron chi connectivity index (χ4n) is 9.51. The summed E-state index contributed by atoms with van der Waals surface area (Å²) in [6.45, 7) is 5.03. The molecule has 1 saturated heterocycles. The Morgan fingerprint density at radius 1 is 1.05 bits per heavy atom. The molecule has 0 spiro atoms. The van der Waals surface area contributed by atoms with Crippen LogP contribution in [-0.4, -0.2) is 48.9 Å². The van der Waals surface area contributed by atoms with Gasteiger partial charge in [-0.1, -0.05) is 13.8 Å². The van der Waals surface area contributed by atoms with E-state index in [0.717, 1.165) is 12.8 Å². The average Bonchev–Trinajstić information content (AvgIpc) is 3.49. The molecule has 220 valence electrons. The number of hydrogen-bond acceptors (Lipinski definition) is 9. The van der Waals surface area contributed by atoms with Crippen molar-refractivity contribution in [1.82, 2.24) is 0 Å². The van der Waals surface area contributed by atoms with Gasteiger partial charge in [0, 0.05) is 23.7 Å². The summed E-state index contributed by atoms with van der Waals surface area (Å²) >= 11 is 0. The maximum atomic E-state index is 13.8. The Hall–Kier alpha value is -2.79. The van der Waals surface area contributed by atoms with Crippen LogP contribution in [0.1, 0.15) is 69.4 Å². The monoisotopic (exact) mass is 586 g/mol. The Bertz CT molecular complexity index is 1480. The minimum Gasteiger partial charge on any atom is -0.458 e. The first-order chi connectivity index (χ1) is 19.3. The molecular formula is C30H34O10S. The van der Waals surface area contributed by atoms with Crippen molar-refractivity contribution in [2.24, 2.45) is 46.8 Å². The smallest absolute Gasteiger partial charge is 0.315 e. The lowest BCUT2D eigenvalue weighted by Gasteiger charge is -2.54. The van der Waals surface area contributed by atoms with E-state index < -0.39 is 57.4 Å². The second-order valence-corrected chi connectivity index (χ2v) is 15.0. The lowest BCUT2D eigenvalue weighted by Crippen LogP contribution is -2.56. The molecule has 10 nitrogen and oxygen atoms in total. The van der Waals surface area contributed by atoms with Gasteiger partial charge < -0.3 is 14.2 Å². The fraction of sp³-hybridized carbons (Fsp3) is 0.667. The van der Waals surface area contributed by atoms with Crippen molar-refractivity contribution >= 4 is 33.8 Å². The highest BCUT2D eigenvalue weighted by atomic mass is 32.2. The zero-order valence-electron chi connectivity index (χ0n) is 23.2. The van der Waals surface area contributed by atoms with E-state index in [0.29, 0.717) is 37.2 Å². The van der Waals surface area contributed by atoms with Gasteiger partial charge in [0.05, 0.1) is 17.3 Å². The predicted molar refractivity (Wildman–Crippen MR) is 140 cm³/mol. The topological polar surface area (TPSA) is 150 Å². The summed E-state index contributed by atoms with van der Waals surface area (Å²) in [5, 5.41) is 0. The summed E-state index contributed by atoms with van der Waals surface area (Å²) in [4.78, 5) is 52.7. The van der Waals surface area contributed by atoms with Crippen LogP contribution in [0.25, 0.3) is 0 Å². The number of hydrogen-bond donors (Lipinski definition) is 1. The van der Waals surface area contributed by atoms with Crippen LogP contribution in [0, 0.1) is 53.8 Å². The van der Waals surface area contributed by atoms with Crippen molar-refractivity contribution in [3.05, 3.63) is 23.3 Å². The van der Waals surface area contributed by atoms with Crippen molar-refractivity contribution < 1.29 is 46.4 Å². The number of carbonyl (C=O) groups excluding carboxylic acids is 4. The Labute approximate surface area is 238 Å². The van der Waals surface area contributed by atoms with Gasteiger partial charge in [-0.15, -0.1) is 0 Å². The van der Waals surface area contributed by atoms with Crippen LogP contribution >= 0.6 is 0 Å². The first kappa shape index (κ1) is 27.1. The number of ketones is 1. The third-order valence-corrected chi connectivity index (χ3v) is 11.9. The van der Waals surface area contributed by atoms with Crippen molar-refractivity contribution in [2.45, 2.75) is 82.3 Å². The summed E-state index contributed by atoms with van der Waals surface area (Å²) in [7, 11) is -4.50. The number of rotatable bonds is 6. The van der Waals surface area contributed by atoms with Crippen LogP contribution in [0.4, 0.5) is 0 Å². The molecule has 0 aromatic heterocycles. The van der Waals surface area contributed by atoms with Gasteiger partial charge in [0.15, 0.2) is 0 Å². The number of ether oxygens (including phenoxy) is 3. The van der Waals surface area contributed by atoms with Gasteiger partial charge in [-0.25, -0.2) is 0 Å². The van der Waals surface area contributed by atoms with Crippen molar-refractivity contribution in [3.8, 4) is 5.75 Å². The number of carbonyl (C=O) groups is 4. The number of fused-ring (bicyclic) bond motifs is 1. The van der Waals surface area contributed by atoms with E-state index in [9.17, 15) is 32.1 Å². The van der Waals surface area contributed by atoms with E-state index in [-0.39, 0.29) is 51.6 Å². The first-order valence-corrected chi connectivity index (χ1v) is 16.0. The largest absolute Gasteiger partial charge is 0.458 e. The van der Waals surface area contributed by atoms with E-state index in [2.05, 4.69) is 0 Å². The van der Waals surface area contributed by atoms with Crippen molar-refractivity contribution in [2.75, 3.05) is 0 Å². The molecule has 8 atom stereocenters. The average molecular weight is 587 g/mol. The molecule has 6 aliphatic carbocycles. The Morgan fingerprint density at radius 3 is 2.37 bits per heavy atom. The minimum absolute atomic E-state index is 0.0864. The number of aryl methyl sites for hydroxylation is 1. The van der Waals surface area contributed by atoms with Crippen LogP contribution in [0.2, 0.25) is 0 Å². The van der Waals surface area contributed by atoms with Crippen LogP contribution < -0.4 is 4.74 Å². The van der Waals surface area contributed by atoms with Crippen LogP contribution in [-0.2, 0) is 38.8 Å². The van der Waals surface area contributed by atoms with E-state index in [1.54, 1.807) is 13.8 Å². The highest BCUT2D eigenvalue weighted by Gasteiger charge is 2.71.